The number of ether oxygens (including phenoxy) is 1. The average Bonchev–Trinajstić information content (AvgIpc) is 2.65. The van der Waals surface area contributed by atoms with Crippen LogP contribution in [-0.4, -0.2) is 42.3 Å². The highest BCUT2D eigenvalue weighted by Gasteiger charge is 2.21. The van der Waals surface area contributed by atoms with Crippen LogP contribution in [-0.2, 0) is 11.3 Å². The van der Waals surface area contributed by atoms with Crippen molar-refractivity contribution in [1.29, 1.82) is 0 Å². The summed E-state index contributed by atoms with van der Waals surface area (Å²) in [7, 11) is 1.73. The third-order valence-electron chi connectivity index (χ3n) is 4.41. The lowest BCUT2D eigenvalue weighted by atomic mass is 10.0. The van der Waals surface area contributed by atoms with E-state index >= 15 is 0 Å². The lowest BCUT2D eigenvalue weighted by Gasteiger charge is -2.26. The number of carbonyl (C=O) groups excluding carboxylic acids is 1. The van der Waals surface area contributed by atoms with Crippen LogP contribution in [0.25, 0.3) is 10.9 Å². The number of aliphatic imine (C=N–C) groups is 1. The molecule has 1 amide bonds. The molecule has 0 saturated carbocycles. The van der Waals surface area contributed by atoms with E-state index in [9.17, 15) is 4.79 Å². The van der Waals surface area contributed by atoms with Gasteiger partial charge in [0.2, 0.25) is 0 Å². The van der Waals surface area contributed by atoms with Crippen molar-refractivity contribution in [2.45, 2.75) is 52.8 Å². The van der Waals surface area contributed by atoms with Crippen LogP contribution < -0.4 is 16.0 Å². The molecule has 2 rings (SSSR count). The normalized spacial score (nSPS) is 13.3. The first-order valence-corrected chi connectivity index (χ1v) is 9.96. The van der Waals surface area contributed by atoms with E-state index in [4.69, 9.17) is 4.74 Å². The first kappa shape index (κ1) is 22.5. The lowest BCUT2D eigenvalue weighted by molar-refractivity contribution is 0.0491. The smallest absolute Gasteiger partial charge is 0.407 e. The van der Waals surface area contributed by atoms with Gasteiger partial charge in [0.1, 0.15) is 5.60 Å². The molecule has 1 aromatic carbocycles. The van der Waals surface area contributed by atoms with Crippen LogP contribution in [0.3, 0.4) is 0 Å². The molecule has 158 valence electrons. The number of benzene rings is 1. The number of fused-ring (bicyclic) bond motifs is 1. The number of aromatic nitrogens is 1. The molecule has 1 atom stereocenters. The molecule has 2 aromatic rings. The zero-order valence-corrected chi connectivity index (χ0v) is 18.2. The molecular formula is C22H33N5O2. The maximum absolute atomic E-state index is 12.1. The molecule has 7 heteroatoms. The fourth-order valence-electron chi connectivity index (χ4n) is 2.83. The van der Waals surface area contributed by atoms with Crippen LogP contribution in [0, 0.1) is 5.92 Å². The Bertz CT molecular complexity index is 837. The summed E-state index contributed by atoms with van der Waals surface area (Å²) in [5.74, 6) is 0.903. The lowest BCUT2D eigenvalue weighted by Crippen LogP contribution is -2.50. The van der Waals surface area contributed by atoms with Gasteiger partial charge in [0.15, 0.2) is 5.96 Å². The Morgan fingerprint density at radius 2 is 1.90 bits per heavy atom. The Labute approximate surface area is 173 Å². The molecule has 3 N–H and O–H groups in total. The third kappa shape index (κ3) is 7.25. The minimum Gasteiger partial charge on any atom is -0.444 e. The number of hydrogen-bond acceptors (Lipinski definition) is 4. The summed E-state index contributed by atoms with van der Waals surface area (Å²) in [5.41, 5.74) is 1.59. The second-order valence-electron chi connectivity index (χ2n) is 8.29. The van der Waals surface area contributed by atoms with Crippen LogP contribution in [0.1, 0.15) is 40.2 Å². The summed E-state index contributed by atoms with van der Waals surface area (Å²) in [6.07, 6.45) is 1.40. The van der Waals surface area contributed by atoms with E-state index in [0.717, 1.165) is 16.5 Å². The fourth-order valence-corrected chi connectivity index (χ4v) is 2.83. The van der Waals surface area contributed by atoms with Crippen LogP contribution in [0.2, 0.25) is 0 Å². The number of para-hydroxylation sites is 1. The molecule has 7 nitrogen and oxygen atoms in total. The zero-order valence-electron chi connectivity index (χ0n) is 18.2. The molecule has 0 aliphatic rings. The summed E-state index contributed by atoms with van der Waals surface area (Å²) in [4.78, 5) is 20.8. The predicted octanol–water partition coefficient (Wildman–Crippen LogP) is 3.45. The van der Waals surface area contributed by atoms with E-state index in [1.807, 2.05) is 51.2 Å². The molecule has 0 spiro atoms. The van der Waals surface area contributed by atoms with Crippen molar-refractivity contribution in [1.82, 2.24) is 20.9 Å². The molecule has 1 unspecified atom stereocenters. The fraction of sp³-hybridized carbons (Fsp3) is 0.500. The third-order valence-corrected chi connectivity index (χ3v) is 4.41. The monoisotopic (exact) mass is 399 g/mol. The molecule has 0 aliphatic heterocycles. The van der Waals surface area contributed by atoms with Gasteiger partial charge in [-0.2, -0.15) is 0 Å². The zero-order chi connectivity index (χ0) is 21.4. The number of alkyl carbamates (subject to hydrolysis) is 1. The van der Waals surface area contributed by atoms with Crippen LogP contribution in [0.4, 0.5) is 4.79 Å². The van der Waals surface area contributed by atoms with Crippen LogP contribution in [0.15, 0.2) is 41.5 Å². The van der Waals surface area contributed by atoms with E-state index in [0.29, 0.717) is 19.0 Å². The Morgan fingerprint density at radius 3 is 2.55 bits per heavy atom. The molecule has 29 heavy (non-hydrogen) atoms. The van der Waals surface area contributed by atoms with Gasteiger partial charge in [-0.25, -0.2) is 4.79 Å². The van der Waals surface area contributed by atoms with Crippen molar-refractivity contribution in [3.05, 3.63) is 42.1 Å². The SMILES string of the molecule is CN=C(NCc1ccnc2ccccc12)NCC(NC(=O)OC(C)(C)C)C(C)C. The topological polar surface area (TPSA) is 87.6 Å². The summed E-state index contributed by atoms with van der Waals surface area (Å²) in [6, 6.07) is 9.97. The average molecular weight is 400 g/mol. The highest BCUT2D eigenvalue weighted by molar-refractivity contribution is 5.83. The van der Waals surface area contributed by atoms with Gasteiger partial charge >= 0.3 is 6.09 Å². The quantitative estimate of drug-likeness (QED) is 0.512. The van der Waals surface area contributed by atoms with Gasteiger partial charge in [0.05, 0.1) is 11.6 Å². The molecular weight excluding hydrogens is 366 g/mol. The first-order chi connectivity index (χ1) is 13.7. The van der Waals surface area contributed by atoms with Gasteiger partial charge in [-0.15, -0.1) is 0 Å². The van der Waals surface area contributed by atoms with Crippen molar-refractivity contribution in [3.8, 4) is 0 Å². The number of nitrogens with one attached hydrogen (secondary N) is 3. The van der Waals surface area contributed by atoms with E-state index in [1.165, 1.54) is 0 Å². The van der Waals surface area contributed by atoms with Gasteiger partial charge in [0, 0.05) is 31.7 Å². The van der Waals surface area contributed by atoms with E-state index in [-0.39, 0.29) is 12.0 Å². The van der Waals surface area contributed by atoms with Crippen LogP contribution in [0.5, 0.6) is 0 Å². The van der Waals surface area contributed by atoms with Gasteiger partial charge < -0.3 is 20.7 Å². The predicted molar refractivity (Wildman–Crippen MR) is 118 cm³/mol. The van der Waals surface area contributed by atoms with Gasteiger partial charge in [-0.05, 0) is 44.4 Å². The van der Waals surface area contributed by atoms with Crippen molar-refractivity contribution >= 4 is 23.0 Å². The minimum atomic E-state index is -0.524. The van der Waals surface area contributed by atoms with Gasteiger partial charge in [-0.1, -0.05) is 32.0 Å². The van der Waals surface area contributed by atoms with Crippen molar-refractivity contribution in [2.24, 2.45) is 10.9 Å². The summed E-state index contributed by atoms with van der Waals surface area (Å²) in [6.45, 7) is 10.8. The standard InChI is InChI=1S/C22H33N5O2/c1-15(2)19(27-21(28)29-22(3,4)5)14-26-20(23-6)25-13-16-11-12-24-18-10-8-7-9-17(16)18/h7-12,15,19H,13-14H2,1-6H3,(H,27,28)(H2,23,25,26). The van der Waals surface area contributed by atoms with Crippen LogP contribution >= 0.6 is 0 Å². The number of nitrogens with zero attached hydrogens (tertiary/aromatic N) is 2. The van der Waals surface area contributed by atoms with Gasteiger partial charge in [0.25, 0.3) is 0 Å². The molecule has 0 bridgehead atoms. The second-order valence-corrected chi connectivity index (χ2v) is 8.29. The minimum absolute atomic E-state index is 0.0924. The van der Waals surface area contributed by atoms with E-state index < -0.39 is 11.7 Å². The number of guanidine groups is 1. The van der Waals surface area contributed by atoms with E-state index in [2.05, 4.69) is 45.8 Å². The number of rotatable bonds is 6. The molecule has 0 aliphatic carbocycles. The summed E-state index contributed by atoms with van der Waals surface area (Å²) in [5, 5.41) is 10.7. The van der Waals surface area contributed by atoms with Crippen molar-refractivity contribution < 1.29 is 9.53 Å². The number of hydrogen-bond donors (Lipinski definition) is 3. The molecule has 0 fully saturated rings. The Morgan fingerprint density at radius 1 is 1.17 bits per heavy atom. The molecule has 0 radical (unpaired) electrons. The Hall–Kier alpha value is -2.83. The molecule has 1 aromatic heterocycles. The highest BCUT2D eigenvalue weighted by Crippen LogP contribution is 2.15. The summed E-state index contributed by atoms with van der Waals surface area (Å²) >= 11 is 0. The van der Waals surface area contributed by atoms with Gasteiger partial charge in [-0.3, -0.25) is 9.98 Å². The summed E-state index contributed by atoms with van der Waals surface area (Å²) < 4.78 is 5.37. The molecule has 1 heterocycles. The number of carbonyl (C=O) groups is 1. The maximum Gasteiger partial charge on any atom is 0.407 e. The Balaban J connectivity index is 1.93. The Kier molecular flexibility index (Phi) is 7.82. The number of pyridine rings is 1. The maximum atomic E-state index is 12.1. The van der Waals surface area contributed by atoms with Crippen molar-refractivity contribution in [2.75, 3.05) is 13.6 Å². The molecule has 0 saturated heterocycles. The highest BCUT2D eigenvalue weighted by atomic mass is 16.6. The largest absolute Gasteiger partial charge is 0.444 e. The van der Waals surface area contributed by atoms with E-state index in [1.54, 1.807) is 7.05 Å². The first-order valence-electron chi connectivity index (χ1n) is 9.96. The van der Waals surface area contributed by atoms with Crippen molar-refractivity contribution in [3.63, 3.8) is 0 Å². The second kappa shape index (κ2) is 10.1. The number of amides is 1.